The van der Waals surface area contributed by atoms with E-state index in [1.165, 1.54) is 12.1 Å². The molecule has 0 saturated carbocycles. The van der Waals surface area contributed by atoms with Crippen molar-refractivity contribution in [1.82, 2.24) is 0 Å². The summed E-state index contributed by atoms with van der Waals surface area (Å²) in [6, 6.07) is 11.9. The standard InChI is InChI=1S/C18H21NO4/c1-13-10-14(19(20)21)8-9-17(13)23-16-7-5-6-15(11-16)22-12-18(2,3)4/h5-11H,12H2,1-4H3. The van der Waals surface area contributed by atoms with Crippen molar-refractivity contribution in [3.05, 3.63) is 58.1 Å². The van der Waals surface area contributed by atoms with Crippen molar-refractivity contribution in [2.75, 3.05) is 6.61 Å². The Morgan fingerprint density at radius 2 is 1.78 bits per heavy atom. The van der Waals surface area contributed by atoms with Crippen LogP contribution >= 0.6 is 0 Å². The van der Waals surface area contributed by atoms with Crippen LogP contribution < -0.4 is 9.47 Å². The number of hydrogen-bond donors (Lipinski definition) is 0. The van der Waals surface area contributed by atoms with E-state index < -0.39 is 4.92 Å². The van der Waals surface area contributed by atoms with E-state index in [2.05, 4.69) is 20.8 Å². The molecule has 0 unspecified atom stereocenters. The zero-order valence-electron chi connectivity index (χ0n) is 13.8. The minimum Gasteiger partial charge on any atom is -0.493 e. The number of aryl methyl sites for hydroxylation is 1. The highest BCUT2D eigenvalue weighted by Gasteiger charge is 2.12. The van der Waals surface area contributed by atoms with Gasteiger partial charge < -0.3 is 9.47 Å². The molecule has 5 heteroatoms. The van der Waals surface area contributed by atoms with E-state index in [1.54, 1.807) is 13.0 Å². The van der Waals surface area contributed by atoms with Crippen LogP contribution in [0.2, 0.25) is 0 Å². The molecule has 23 heavy (non-hydrogen) atoms. The predicted molar refractivity (Wildman–Crippen MR) is 89.3 cm³/mol. The van der Waals surface area contributed by atoms with Gasteiger partial charge >= 0.3 is 0 Å². The number of nitro groups is 1. The highest BCUT2D eigenvalue weighted by Crippen LogP contribution is 2.30. The third kappa shape index (κ3) is 4.98. The minimum atomic E-state index is -0.419. The number of hydrogen-bond acceptors (Lipinski definition) is 4. The summed E-state index contributed by atoms with van der Waals surface area (Å²) >= 11 is 0. The Balaban J connectivity index is 2.13. The molecular formula is C18H21NO4. The summed E-state index contributed by atoms with van der Waals surface area (Å²) in [6.45, 7) is 8.70. The molecule has 0 radical (unpaired) electrons. The normalized spacial score (nSPS) is 11.1. The molecule has 0 aromatic heterocycles. The Bertz CT molecular complexity index is 704. The van der Waals surface area contributed by atoms with Gasteiger partial charge in [0.2, 0.25) is 0 Å². The number of rotatable bonds is 5. The van der Waals surface area contributed by atoms with Crippen LogP contribution in [-0.2, 0) is 0 Å². The fourth-order valence-corrected chi connectivity index (χ4v) is 1.92. The third-order valence-corrected chi connectivity index (χ3v) is 3.07. The molecule has 0 atom stereocenters. The topological polar surface area (TPSA) is 61.6 Å². The molecule has 0 saturated heterocycles. The van der Waals surface area contributed by atoms with E-state index >= 15 is 0 Å². The Kier molecular flexibility index (Phi) is 4.89. The molecule has 0 aliphatic rings. The minimum absolute atomic E-state index is 0.0529. The molecule has 2 aromatic carbocycles. The Hall–Kier alpha value is -2.56. The van der Waals surface area contributed by atoms with Crippen molar-refractivity contribution in [3.8, 4) is 17.2 Å². The second-order valence-corrected chi connectivity index (χ2v) is 6.63. The molecule has 0 bridgehead atoms. The average molecular weight is 315 g/mol. The fourth-order valence-electron chi connectivity index (χ4n) is 1.92. The predicted octanol–water partition coefficient (Wildman–Crippen LogP) is 5.12. The maximum absolute atomic E-state index is 10.8. The maximum Gasteiger partial charge on any atom is 0.269 e. The molecule has 0 aliphatic carbocycles. The lowest BCUT2D eigenvalue weighted by Crippen LogP contribution is -2.16. The smallest absolute Gasteiger partial charge is 0.269 e. The zero-order valence-corrected chi connectivity index (χ0v) is 13.8. The van der Waals surface area contributed by atoms with Gasteiger partial charge in [-0.15, -0.1) is 0 Å². The molecule has 0 fully saturated rings. The fraction of sp³-hybridized carbons (Fsp3) is 0.333. The molecule has 0 heterocycles. The van der Waals surface area contributed by atoms with Gasteiger partial charge in [-0.1, -0.05) is 26.8 Å². The van der Waals surface area contributed by atoms with Crippen molar-refractivity contribution in [3.63, 3.8) is 0 Å². The van der Waals surface area contributed by atoms with Gasteiger partial charge in [-0.3, -0.25) is 10.1 Å². The molecule has 0 N–H and O–H groups in total. The number of nitro benzene ring substituents is 1. The van der Waals surface area contributed by atoms with Crippen LogP contribution in [0.15, 0.2) is 42.5 Å². The Morgan fingerprint density at radius 3 is 2.39 bits per heavy atom. The van der Waals surface area contributed by atoms with Crippen molar-refractivity contribution in [2.24, 2.45) is 5.41 Å². The van der Waals surface area contributed by atoms with Gasteiger partial charge in [0.15, 0.2) is 0 Å². The lowest BCUT2D eigenvalue weighted by molar-refractivity contribution is -0.384. The van der Waals surface area contributed by atoms with Gasteiger partial charge in [0, 0.05) is 18.2 Å². The van der Waals surface area contributed by atoms with Crippen LogP contribution in [0.1, 0.15) is 26.3 Å². The lowest BCUT2D eigenvalue weighted by atomic mass is 9.99. The van der Waals surface area contributed by atoms with Gasteiger partial charge in [-0.2, -0.15) is 0 Å². The van der Waals surface area contributed by atoms with Crippen molar-refractivity contribution in [1.29, 1.82) is 0 Å². The average Bonchev–Trinajstić information content (AvgIpc) is 2.47. The lowest BCUT2D eigenvalue weighted by Gasteiger charge is -2.19. The summed E-state index contributed by atoms with van der Waals surface area (Å²) in [4.78, 5) is 10.3. The molecule has 0 spiro atoms. The number of benzene rings is 2. The van der Waals surface area contributed by atoms with Crippen LogP contribution in [0, 0.1) is 22.5 Å². The highest BCUT2D eigenvalue weighted by atomic mass is 16.6. The largest absolute Gasteiger partial charge is 0.493 e. The molecular weight excluding hydrogens is 294 g/mol. The molecule has 5 nitrogen and oxygen atoms in total. The summed E-state index contributed by atoms with van der Waals surface area (Å²) in [6.07, 6.45) is 0. The first-order chi connectivity index (χ1) is 10.7. The van der Waals surface area contributed by atoms with Crippen LogP contribution in [0.4, 0.5) is 5.69 Å². The quantitative estimate of drug-likeness (QED) is 0.567. The van der Waals surface area contributed by atoms with Crippen molar-refractivity contribution >= 4 is 5.69 Å². The van der Waals surface area contributed by atoms with E-state index in [0.29, 0.717) is 23.7 Å². The van der Waals surface area contributed by atoms with E-state index in [0.717, 1.165) is 5.75 Å². The van der Waals surface area contributed by atoms with E-state index in [-0.39, 0.29) is 11.1 Å². The van der Waals surface area contributed by atoms with Gasteiger partial charge in [-0.25, -0.2) is 0 Å². The second-order valence-electron chi connectivity index (χ2n) is 6.63. The first-order valence-corrected chi connectivity index (χ1v) is 7.40. The van der Waals surface area contributed by atoms with Gasteiger partial charge in [0.25, 0.3) is 5.69 Å². The number of non-ortho nitro benzene ring substituents is 1. The zero-order chi connectivity index (χ0) is 17.0. The summed E-state index contributed by atoms with van der Waals surface area (Å²) in [5, 5.41) is 10.8. The van der Waals surface area contributed by atoms with Crippen LogP contribution in [0.3, 0.4) is 0 Å². The summed E-state index contributed by atoms with van der Waals surface area (Å²) in [7, 11) is 0. The second kappa shape index (κ2) is 6.69. The van der Waals surface area contributed by atoms with Gasteiger partial charge in [0.1, 0.15) is 17.2 Å². The Morgan fingerprint density at radius 1 is 1.09 bits per heavy atom. The molecule has 2 rings (SSSR count). The number of ether oxygens (including phenoxy) is 2. The van der Waals surface area contributed by atoms with E-state index in [1.807, 2.05) is 24.3 Å². The van der Waals surface area contributed by atoms with Gasteiger partial charge in [0.05, 0.1) is 11.5 Å². The molecule has 0 amide bonds. The first kappa shape index (κ1) is 16.8. The summed E-state index contributed by atoms with van der Waals surface area (Å²) in [5.74, 6) is 1.95. The van der Waals surface area contributed by atoms with Gasteiger partial charge in [-0.05, 0) is 36.1 Å². The monoisotopic (exact) mass is 315 g/mol. The van der Waals surface area contributed by atoms with Crippen LogP contribution in [-0.4, -0.2) is 11.5 Å². The van der Waals surface area contributed by atoms with Crippen LogP contribution in [0.5, 0.6) is 17.2 Å². The SMILES string of the molecule is Cc1cc([N+](=O)[O-])ccc1Oc1cccc(OCC(C)(C)C)c1. The molecule has 122 valence electrons. The summed E-state index contributed by atoms with van der Waals surface area (Å²) < 4.78 is 11.6. The molecule has 2 aromatic rings. The third-order valence-electron chi connectivity index (χ3n) is 3.07. The van der Waals surface area contributed by atoms with E-state index in [4.69, 9.17) is 9.47 Å². The molecule has 0 aliphatic heterocycles. The highest BCUT2D eigenvalue weighted by molar-refractivity contribution is 5.45. The number of nitrogens with zero attached hydrogens (tertiary/aromatic N) is 1. The van der Waals surface area contributed by atoms with Crippen molar-refractivity contribution in [2.45, 2.75) is 27.7 Å². The van der Waals surface area contributed by atoms with Crippen molar-refractivity contribution < 1.29 is 14.4 Å². The first-order valence-electron chi connectivity index (χ1n) is 7.40. The van der Waals surface area contributed by atoms with E-state index in [9.17, 15) is 10.1 Å². The van der Waals surface area contributed by atoms with Crippen LogP contribution in [0.25, 0.3) is 0 Å². The summed E-state index contributed by atoms with van der Waals surface area (Å²) in [5.41, 5.74) is 0.837. The maximum atomic E-state index is 10.8. The Labute approximate surface area is 136 Å².